The van der Waals surface area contributed by atoms with Gasteiger partial charge >= 0.3 is 0 Å². The summed E-state index contributed by atoms with van der Waals surface area (Å²) in [7, 11) is -1.68. The van der Waals surface area contributed by atoms with Crippen LogP contribution in [0.4, 0.5) is 0 Å². The van der Waals surface area contributed by atoms with Crippen LogP contribution < -0.4 is 15.4 Å². The van der Waals surface area contributed by atoms with Crippen LogP contribution in [0.5, 0.6) is 0 Å². The normalized spacial score (nSPS) is 15.0. The number of thiazole rings is 1. The maximum absolute atomic E-state index is 12.2. The smallest absolute Gasteiger partial charge is 0.240 e. The lowest BCUT2D eigenvalue weighted by Crippen LogP contribution is -2.36. The number of benzene rings is 1. The topological polar surface area (TPSA) is 95.5 Å². The Kier molecular flexibility index (Phi) is 6.13. The number of sulfonamides is 1. The highest BCUT2D eigenvalue weighted by Gasteiger charge is 2.27. The largest absolute Gasteiger partial charge is 0.352 e. The molecule has 1 fully saturated rings. The van der Waals surface area contributed by atoms with Crippen molar-refractivity contribution in [3.63, 3.8) is 0 Å². The van der Waals surface area contributed by atoms with E-state index in [-0.39, 0.29) is 6.04 Å². The van der Waals surface area contributed by atoms with Gasteiger partial charge in [0.25, 0.3) is 0 Å². The molecule has 1 aliphatic carbocycles. The fourth-order valence-electron chi connectivity index (χ4n) is 2.58. The number of hydrogen-bond acceptors (Lipinski definition) is 5. The van der Waals surface area contributed by atoms with E-state index in [1.807, 2.05) is 26.0 Å². The summed E-state index contributed by atoms with van der Waals surface area (Å²) in [6.07, 6.45) is 1.85. The van der Waals surface area contributed by atoms with Crippen molar-refractivity contribution in [2.75, 3.05) is 7.05 Å². The summed E-state index contributed by atoms with van der Waals surface area (Å²) in [5.41, 5.74) is 2.02. The van der Waals surface area contributed by atoms with Gasteiger partial charge in [-0.15, -0.1) is 11.3 Å². The number of nitrogens with zero attached hydrogens (tertiary/aromatic N) is 2. The number of guanidine groups is 1. The van der Waals surface area contributed by atoms with E-state index in [0.717, 1.165) is 29.1 Å². The fraction of sp³-hybridized carbons (Fsp3) is 0.444. The van der Waals surface area contributed by atoms with Gasteiger partial charge in [-0.2, -0.15) is 0 Å². The number of rotatable bonds is 7. The molecule has 7 nitrogen and oxygen atoms in total. The average Bonchev–Trinajstić information content (AvgIpc) is 3.37. The van der Waals surface area contributed by atoms with Crippen LogP contribution in [0.25, 0.3) is 0 Å². The zero-order chi connectivity index (χ0) is 19.4. The summed E-state index contributed by atoms with van der Waals surface area (Å²) in [5, 5.41) is 7.57. The summed E-state index contributed by atoms with van der Waals surface area (Å²) in [5.74, 6) is 0.688. The van der Waals surface area contributed by atoms with E-state index in [9.17, 15) is 8.42 Å². The van der Waals surface area contributed by atoms with E-state index < -0.39 is 10.0 Å². The lowest BCUT2D eigenvalue weighted by molar-refractivity contribution is 0.581. The second-order valence-corrected chi connectivity index (χ2v) is 9.56. The first-order chi connectivity index (χ1) is 12.9. The molecule has 1 aromatic heterocycles. The van der Waals surface area contributed by atoms with Crippen LogP contribution in [-0.4, -0.2) is 32.5 Å². The standard InChI is InChI=1S/C18H25N5O2S2/c1-12-17(26-13(2)22-12)11-21-18(19-3)20-10-14-4-8-16(9-5-14)27(24,25)23-15-6-7-15/h4-5,8-9,15,23H,6-7,10-11H2,1-3H3,(H2,19,20,21). The predicted molar refractivity (Wildman–Crippen MR) is 108 cm³/mol. The van der Waals surface area contributed by atoms with Crippen LogP contribution in [0, 0.1) is 13.8 Å². The second-order valence-electron chi connectivity index (χ2n) is 6.56. The molecule has 146 valence electrons. The molecule has 2 aromatic rings. The van der Waals surface area contributed by atoms with Crippen LogP contribution in [0.1, 0.15) is 34.0 Å². The monoisotopic (exact) mass is 407 g/mol. The lowest BCUT2D eigenvalue weighted by atomic mass is 10.2. The first-order valence-electron chi connectivity index (χ1n) is 8.86. The summed E-state index contributed by atoms with van der Waals surface area (Å²) in [6, 6.07) is 7.02. The third-order valence-corrected chi connectivity index (χ3v) is 6.84. The van der Waals surface area contributed by atoms with Gasteiger partial charge in [-0.05, 0) is 44.4 Å². The molecule has 0 radical (unpaired) electrons. The van der Waals surface area contributed by atoms with E-state index in [2.05, 4.69) is 25.3 Å². The SMILES string of the molecule is CN=C(NCc1ccc(S(=O)(=O)NC2CC2)cc1)NCc1sc(C)nc1C. The van der Waals surface area contributed by atoms with Crippen LogP contribution in [0.2, 0.25) is 0 Å². The highest BCUT2D eigenvalue weighted by atomic mass is 32.2. The highest BCUT2D eigenvalue weighted by Crippen LogP contribution is 2.22. The van der Waals surface area contributed by atoms with E-state index in [0.29, 0.717) is 23.9 Å². The molecule has 0 atom stereocenters. The lowest BCUT2D eigenvalue weighted by Gasteiger charge is -2.12. The summed E-state index contributed by atoms with van der Waals surface area (Å²) < 4.78 is 27.1. The Labute approximate surface area is 164 Å². The third-order valence-electron chi connectivity index (χ3n) is 4.23. The van der Waals surface area contributed by atoms with Crippen LogP contribution in [-0.2, 0) is 23.1 Å². The molecule has 0 saturated heterocycles. The van der Waals surface area contributed by atoms with Crippen molar-refractivity contribution in [2.24, 2.45) is 4.99 Å². The number of nitrogens with one attached hydrogen (secondary N) is 3. The zero-order valence-corrected chi connectivity index (χ0v) is 17.4. The first-order valence-corrected chi connectivity index (χ1v) is 11.2. The van der Waals surface area contributed by atoms with Gasteiger partial charge in [0.2, 0.25) is 10.0 Å². The van der Waals surface area contributed by atoms with Crippen molar-refractivity contribution < 1.29 is 8.42 Å². The fourth-order valence-corrected chi connectivity index (χ4v) is 4.76. The molecule has 0 bridgehead atoms. The number of aliphatic imine (C=N–C) groups is 1. The number of aryl methyl sites for hydroxylation is 2. The van der Waals surface area contributed by atoms with Gasteiger partial charge in [0.15, 0.2) is 5.96 Å². The number of aromatic nitrogens is 1. The summed E-state index contributed by atoms with van der Waals surface area (Å²) in [4.78, 5) is 10.1. The minimum atomic E-state index is -3.40. The van der Waals surface area contributed by atoms with Crippen molar-refractivity contribution in [3.8, 4) is 0 Å². The number of hydrogen-bond donors (Lipinski definition) is 3. The second kappa shape index (κ2) is 8.37. The van der Waals surface area contributed by atoms with Gasteiger partial charge in [-0.1, -0.05) is 12.1 Å². The molecule has 3 N–H and O–H groups in total. The van der Waals surface area contributed by atoms with Crippen LogP contribution in [0.3, 0.4) is 0 Å². The predicted octanol–water partition coefficient (Wildman–Crippen LogP) is 2.07. The van der Waals surface area contributed by atoms with Gasteiger partial charge in [0.1, 0.15) is 0 Å². The molecule has 1 aliphatic rings. The Hall–Kier alpha value is -1.97. The first kappa shape index (κ1) is 19.8. The zero-order valence-electron chi connectivity index (χ0n) is 15.7. The van der Waals surface area contributed by atoms with E-state index in [1.54, 1.807) is 30.5 Å². The highest BCUT2D eigenvalue weighted by molar-refractivity contribution is 7.89. The molecule has 9 heteroatoms. The molecule has 3 rings (SSSR count). The quantitative estimate of drug-likeness (QED) is 0.482. The molecule has 0 unspecified atom stereocenters. The Morgan fingerprint density at radius 3 is 2.41 bits per heavy atom. The molecular weight excluding hydrogens is 382 g/mol. The van der Waals surface area contributed by atoms with Gasteiger partial charge in [-0.3, -0.25) is 4.99 Å². The molecule has 27 heavy (non-hydrogen) atoms. The molecule has 1 heterocycles. The summed E-state index contributed by atoms with van der Waals surface area (Å²) >= 11 is 1.67. The maximum Gasteiger partial charge on any atom is 0.240 e. The molecule has 1 saturated carbocycles. The van der Waals surface area contributed by atoms with Crippen LogP contribution >= 0.6 is 11.3 Å². The molecule has 0 spiro atoms. The van der Waals surface area contributed by atoms with Crippen molar-refractivity contribution in [1.82, 2.24) is 20.3 Å². The van der Waals surface area contributed by atoms with Crippen molar-refractivity contribution in [1.29, 1.82) is 0 Å². The van der Waals surface area contributed by atoms with E-state index in [1.165, 1.54) is 4.88 Å². The van der Waals surface area contributed by atoms with Crippen molar-refractivity contribution >= 4 is 27.3 Å². The van der Waals surface area contributed by atoms with E-state index in [4.69, 9.17) is 0 Å². The Bertz CT molecular complexity index is 916. The molecule has 0 amide bonds. The third kappa shape index (κ3) is 5.50. The average molecular weight is 408 g/mol. The van der Waals surface area contributed by atoms with Crippen LogP contribution in [0.15, 0.2) is 34.2 Å². The van der Waals surface area contributed by atoms with Gasteiger partial charge < -0.3 is 10.6 Å². The molecule has 0 aliphatic heterocycles. The minimum Gasteiger partial charge on any atom is -0.352 e. The Morgan fingerprint density at radius 1 is 1.19 bits per heavy atom. The molecular formula is C18H25N5O2S2. The van der Waals surface area contributed by atoms with Crippen molar-refractivity contribution in [3.05, 3.63) is 45.4 Å². The Balaban J connectivity index is 1.52. The maximum atomic E-state index is 12.2. The van der Waals surface area contributed by atoms with Gasteiger partial charge in [0, 0.05) is 24.5 Å². The van der Waals surface area contributed by atoms with Crippen molar-refractivity contribution in [2.45, 2.75) is 50.7 Å². The van der Waals surface area contributed by atoms with Gasteiger partial charge in [-0.25, -0.2) is 18.1 Å². The minimum absolute atomic E-state index is 0.108. The van der Waals surface area contributed by atoms with E-state index >= 15 is 0 Å². The summed E-state index contributed by atoms with van der Waals surface area (Å²) in [6.45, 7) is 5.22. The van der Waals surface area contributed by atoms with Gasteiger partial charge in [0.05, 0.1) is 22.1 Å². The Morgan fingerprint density at radius 2 is 1.85 bits per heavy atom. The molecule has 1 aromatic carbocycles.